The third-order valence-electron chi connectivity index (χ3n) is 2.75. The molecule has 1 aromatic heterocycles. The van der Waals surface area contributed by atoms with Crippen molar-refractivity contribution >= 4 is 21.7 Å². The van der Waals surface area contributed by atoms with Crippen LogP contribution in [0.15, 0.2) is 22.7 Å². The Morgan fingerprint density at radius 2 is 2.22 bits per heavy atom. The minimum atomic E-state index is 0.505. The predicted octanol–water partition coefficient (Wildman–Crippen LogP) is 2.24. The third kappa shape index (κ3) is 2.48. The van der Waals surface area contributed by atoms with Crippen LogP contribution in [0, 0.1) is 0 Å². The molecule has 0 spiro atoms. The maximum absolute atomic E-state index is 5.76. The average molecular weight is 311 g/mol. The lowest BCUT2D eigenvalue weighted by Crippen LogP contribution is -2.06. The molecular weight excluding hydrogens is 296 g/mol. The Hall–Kier alpha value is -1.56. The normalized spacial score (nSPS) is 10.6. The van der Waals surface area contributed by atoms with Gasteiger partial charge in [0, 0.05) is 0 Å². The highest BCUT2D eigenvalue weighted by atomic mass is 79.9. The van der Waals surface area contributed by atoms with Crippen molar-refractivity contribution in [3.05, 3.63) is 33.9 Å². The van der Waals surface area contributed by atoms with Crippen LogP contribution in [0.1, 0.15) is 18.2 Å². The zero-order valence-electron chi connectivity index (χ0n) is 10.4. The van der Waals surface area contributed by atoms with Gasteiger partial charge < -0.3 is 10.5 Å². The highest BCUT2D eigenvalue weighted by Gasteiger charge is 2.09. The number of halogens is 1. The average Bonchev–Trinajstić information content (AvgIpc) is 2.70. The molecule has 5 nitrogen and oxygen atoms in total. The van der Waals surface area contributed by atoms with Crippen LogP contribution in [-0.2, 0) is 13.0 Å². The maximum Gasteiger partial charge on any atom is 0.169 e. The first kappa shape index (κ1) is 12.9. The molecule has 0 saturated carbocycles. The number of nitrogens with zero attached hydrogens (tertiary/aromatic N) is 3. The summed E-state index contributed by atoms with van der Waals surface area (Å²) in [6, 6.07) is 5.93. The summed E-state index contributed by atoms with van der Waals surface area (Å²) in [5, 5.41) is 7.94. The van der Waals surface area contributed by atoms with E-state index in [-0.39, 0.29) is 0 Å². The molecular formula is C12H15BrN4O. The number of anilines is 1. The number of ether oxygens (including phenoxy) is 1. The molecule has 2 rings (SSSR count). The molecule has 2 aromatic rings. The van der Waals surface area contributed by atoms with Gasteiger partial charge in [0.25, 0.3) is 0 Å². The zero-order valence-corrected chi connectivity index (χ0v) is 11.9. The number of hydrogen-bond acceptors (Lipinski definition) is 4. The van der Waals surface area contributed by atoms with Gasteiger partial charge in [0.1, 0.15) is 5.75 Å². The van der Waals surface area contributed by atoms with E-state index < -0.39 is 0 Å². The standard InChI is InChI=1S/C12H15BrN4O/c1-3-10-12(14)15-16-17(10)7-8-4-5-11(18-2)9(13)6-8/h4-6H,3,7,14H2,1-2H3. The minimum Gasteiger partial charge on any atom is -0.496 e. The molecule has 2 N–H and O–H groups in total. The van der Waals surface area contributed by atoms with Gasteiger partial charge in [-0.2, -0.15) is 0 Å². The molecule has 1 heterocycles. The zero-order chi connectivity index (χ0) is 13.1. The molecule has 0 fully saturated rings. The summed E-state index contributed by atoms with van der Waals surface area (Å²) in [4.78, 5) is 0. The maximum atomic E-state index is 5.76. The summed E-state index contributed by atoms with van der Waals surface area (Å²) in [6.45, 7) is 2.69. The number of nitrogens with two attached hydrogens (primary N) is 1. The number of methoxy groups -OCH3 is 1. The van der Waals surface area contributed by atoms with Gasteiger partial charge in [-0.1, -0.05) is 18.2 Å². The van der Waals surface area contributed by atoms with Crippen LogP contribution in [0.5, 0.6) is 5.75 Å². The van der Waals surface area contributed by atoms with Crippen LogP contribution >= 0.6 is 15.9 Å². The Kier molecular flexibility index (Phi) is 3.86. The van der Waals surface area contributed by atoms with Crippen LogP contribution in [0.25, 0.3) is 0 Å². The van der Waals surface area contributed by atoms with E-state index in [9.17, 15) is 0 Å². The quantitative estimate of drug-likeness (QED) is 0.940. The molecule has 0 aliphatic carbocycles. The summed E-state index contributed by atoms with van der Waals surface area (Å²) < 4.78 is 7.95. The Morgan fingerprint density at radius 1 is 1.44 bits per heavy atom. The fourth-order valence-corrected chi connectivity index (χ4v) is 2.41. The van der Waals surface area contributed by atoms with Crippen molar-refractivity contribution in [1.82, 2.24) is 15.0 Å². The van der Waals surface area contributed by atoms with Crippen molar-refractivity contribution in [3.8, 4) is 5.75 Å². The molecule has 18 heavy (non-hydrogen) atoms. The number of hydrogen-bond donors (Lipinski definition) is 1. The second-order valence-electron chi connectivity index (χ2n) is 3.90. The Bertz CT molecular complexity index is 553. The molecule has 96 valence electrons. The Balaban J connectivity index is 2.26. The SMILES string of the molecule is CCc1c(N)nnn1Cc1ccc(OC)c(Br)c1. The summed E-state index contributed by atoms with van der Waals surface area (Å²) in [6.07, 6.45) is 0.816. The van der Waals surface area contributed by atoms with E-state index in [1.165, 1.54) is 0 Å². The second kappa shape index (κ2) is 5.39. The smallest absolute Gasteiger partial charge is 0.169 e. The van der Waals surface area contributed by atoms with Gasteiger partial charge in [0.2, 0.25) is 0 Å². The summed E-state index contributed by atoms with van der Waals surface area (Å²) in [5.74, 6) is 1.32. The van der Waals surface area contributed by atoms with Gasteiger partial charge in [-0.25, -0.2) is 4.68 Å². The number of rotatable bonds is 4. The molecule has 1 aromatic carbocycles. The fraction of sp³-hybridized carbons (Fsp3) is 0.333. The van der Waals surface area contributed by atoms with Crippen molar-refractivity contribution in [3.63, 3.8) is 0 Å². The van der Waals surface area contributed by atoms with Crippen molar-refractivity contribution in [1.29, 1.82) is 0 Å². The molecule has 0 unspecified atom stereocenters. The molecule has 0 amide bonds. The summed E-state index contributed by atoms with van der Waals surface area (Å²) >= 11 is 3.47. The molecule has 0 aliphatic rings. The molecule has 0 aliphatic heterocycles. The third-order valence-corrected chi connectivity index (χ3v) is 3.37. The van der Waals surface area contributed by atoms with Crippen LogP contribution < -0.4 is 10.5 Å². The van der Waals surface area contributed by atoms with Gasteiger partial charge >= 0.3 is 0 Å². The molecule has 6 heteroatoms. The summed E-state index contributed by atoms with van der Waals surface area (Å²) in [5.41, 5.74) is 7.83. The molecule has 0 saturated heterocycles. The lowest BCUT2D eigenvalue weighted by Gasteiger charge is -2.08. The van der Waals surface area contributed by atoms with Gasteiger partial charge in [0.15, 0.2) is 5.82 Å². The van der Waals surface area contributed by atoms with E-state index in [0.717, 1.165) is 27.9 Å². The van der Waals surface area contributed by atoms with E-state index in [1.807, 2.05) is 29.8 Å². The van der Waals surface area contributed by atoms with Crippen LogP contribution in [-0.4, -0.2) is 22.1 Å². The first-order chi connectivity index (χ1) is 8.65. The highest BCUT2D eigenvalue weighted by Crippen LogP contribution is 2.26. The molecule has 0 radical (unpaired) electrons. The van der Waals surface area contributed by atoms with E-state index in [0.29, 0.717) is 12.4 Å². The molecule has 0 bridgehead atoms. The Labute approximate surface area is 114 Å². The van der Waals surface area contributed by atoms with Gasteiger partial charge in [-0.15, -0.1) is 5.10 Å². The van der Waals surface area contributed by atoms with E-state index in [4.69, 9.17) is 10.5 Å². The lowest BCUT2D eigenvalue weighted by molar-refractivity contribution is 0.412. The highest BCUT2D eigenvalue weighted by molar-refractivity contribution is 9.10. The van der Waals surface area contributed by atoms with E-state index in [2.05, 4.69) is 26.2 Å². The summed E-state index contributed by atoms with van der Waals surface area (Å²) in [7, 11) is 1.65. The minimum absolute atomic E-state index is 0.505. The largest absolute Gasteiger partial charge is 0.496 e. The van der Waals surface area contributed by atoms with Gasteiger partial charge in [0.05, 0.1) is 23.8 Å². The van der Waals surface area contributed by atoms with Crippen LogP contribution in [0.4, 0.5) is 5.82 Å². The van der Waals surface area contributed by atoms with Gasteiger partial charge in [-0.05, 0) is 40.0 Å². The monoisotopic (exact) mass is 310 g/mol. The van der Waals surface area contributed by atoms with Crippen molar-refractivity contribution in [2.75, 3.05) is 12.8 Å². The van der Waals surface area contributed by atoms with E-state index in [1.54, 1.807) is 7.11 Å². The van der Waals surface area contributed by atoms with E-state index >= 15 is 0 Å². The van der Waals surface area contributed by atoms with Crippen LogP contribution in [0.2, 0.25) is 0 Å². The molecule has 0 atom stereocenters. The van der Waals surface area contributed by atoms with Crippen molar-refractivity contribution in [2.24, 2.45) is 0 Å². The van der Waals surface area contributed by atoms with Crippen LogP contribution in [0.3, 0.4) is 0 Å². The first-order valence-electron chi connectivity index (χ1n) is 5.66. The first-order valence-corrected chi connectivity index (χ1v) is 6.45. The van der Waals surface area contributed by atoms with Crippen molar-refractivity contribution < 1.29 is 4.74 Å². The topological polar surface area (TPSA) is 66.0 Å². The Morgan fingerprint density at radius 3 is 2.83 bits per heavy atom. The lowest BCUT2D eigenvalue weighted by atomic mass is 10.2. The number of nitrogen functional groups attached to an aromatic ring is 1. The predicted molar refractivity (Wildman–Crippen MR) is 73.6 cm³/mol. The second-order valence-corrected chi connectivity index (χ2v) is 4.76. The van der Waals surface area contributed by atoms with Crippen molar-refractivity contribution in [2.45, 2.75) is 19.9 Å². The number of benzene rings is 1. The number of aromatic nitrogens is 3. The van der Waals surface area contributed by atoms with Gasteiger partial charge in [-0.3, -0.25) is 0 Å². The fourth-order valence-electron chi connectivity index (χ4n) is 1.82.